The van der Waals surface area contributed by atoms with Gasteiger partial charge in [-0.25, -0.2) is 4.79 Å². The van der Waals surface area contributed by atoms with Crippen LogP contribution in [0.2, 0.25) is 0 Å². The first-order chi connectivity index (χ1) is 10.5. The number of piperidine rings is 1. The van der Waals surface area contributed by atoms with Crippen LogP contribution >= 0.6 is 0 Å². The summed E-state index contributed by atoms with van der Waals surface area (Å²) in [5, 5.41) is 0. The molecule has 1 saturated heterocycles. The van der Waals surface area contributed by atoms with E-state index < -0.39 is 0 Å². The summed E-state index contributed by atoms with van der Waals surface area (Å²) >= 11 is 0. The van der Waals surface area contributed by atoms with Crippen LogP contribution < -0.4 is 0 Å². The summed E-state index contributed by atoms with van der Waals surface area (Å²) in [7, 11) is 5.86. The van der Waals surface area contributed by atoms with Gasteiger partial charge in [-0.1, -0.05) is 0 Å². The van der Waals surface area contributed by atoms with E-state index in [1.54, 1.807) is 11.2 Å². The summed E-state index contributed by atoms with van der Waals surface area (Å²) in [6.45, 7) is 2.66. The maximum absolute atomic E-state index is 12.1. The van der Waals surface area contributed by atoms with Crippen LogP contribution in [0.3, 0.4) is 0 Å². The molecule has 1 spiro atoms. The Balaban J connectivity index is 1.57. The maximum atomic E-state index is 12.1. The Morgan fingerprint density at radius 3 is 2.55 bits per heavy atom. The van der Waals surface area contributed by atoms with Crippen LogP contribution in [0.15, 0.2) is 22.8 Å². The molecule has 2 fully saturated rings. The number of likely N-dealkylation sites (tertiary alicyclic amines) is 1. The molecule has 1 aliphatic carbocycles. The predicted molar refractivity (Wildman–Crippen MR) is 85.5 cm³/mol. The highest BCUT2D eigenvalue weighted by atomic mass is 16.3. The van der Waals surface area contributed by atoms with Crippen molar-refractivity contribution >= 4 is 6.03 Å². The average molecular weight is 305 g/mol. The van der Waals surface area contributed by atoms with E-state index in [9.17, 15) is 4.79 Å². The molecule has 2 aliphatic rings. The Kier molecular flexibility index (Phi) is 4.17. The van der Waals surface area contributed by atoms with Gasteiger partial charge in [0.05, 0.1) is 12.8 Å². The Hall–Kier alpha value is -1.49. The fourth-order valence-electron chi connectivity index (χ4n) is 4.14. The van der Waals surface area contributed by atoms with Gasteiger partial charge < -0.3 is 14.2 Å². The number of amides is 2. The first kappa shape index (κ1) is 15.4. The summed E-state index contributed by atoms with van der Waals surface area (Å²) in [5.41, 5.74) is 0.407. The number of nitrogens with zero attached hydrogens (tertiary/aromatic N) is 3. The zero-order valence-electron chi connectivity index (χ0n) is 13.9. The third-order valence-electron chi connectivity index (χ3n) is 5.55. The minimum atomic E-state index is 0.148. The predicted octanol–water partition coefficient (Wildman–Crippen LogP) is 2.64. The summed E-state index contributed by atoms with van der Waals surface area (Å²) in [6.07, 6.45) is 6.55. The Morgan fingerprint density at radius 2 is 2.05 bits per heavy atom. The first-order valence-corrected chi connectivity index (χ1v) is 8.21. The third-order valence-corrected chi connectivity index (χ3v) is 5.55. The lowest BCUT2D eigenvalue weighted by Crippen LogP contribution is -2.59. The molecule has 1 aromatic heterocycles. The van der Waals surface area contributed by atoms with Crippen molar-refractivity contribution in [1.82, 2.24) is 14.7 Å². The second-order valence-electron chi connectivity index (χ2n) is 7.08. The van der Waals surface area contributed by atoms with Crippen molar-refractivity contribution in [2.75, 3.05) is 34.2 Å². The van der Waals surface area contributed by atoms with Crippen LogP contribution in [0, 0.1) is 5.41 Å². The maximum Gasteiger partial charge on any atom is 0.319 e. The van der Waals surface area contributed by atoms with Gasteiger partial charge in [0.1, 0.15) is 5.76 Å². The summed E-state index contributed by atoms with van der Waals surface area (Å²) in [6, 6.07) is 4.76. The molecule has 22 heavy (non-hydrogen) atoms. The number of furan rings is 1. The molecule has 1 aromatic rings. The number of hydrogen-bond acceptors (Lipinski definition) is 3. The normalized spacial score (nSPS) is 23.6. The van der Waals surface area contributed by atoms with E-state index in [0.29, 0.717) is 11.5 Å². The summed E-state index contributed by atoms with van der Waals surface area (Å²) in [5.74, 6) is 1.03. The molecular weight excluding hydrogens is 278 g/mol. The molecule has 5 heteroatoms. The molecule has 0 radical (unpaired) electrons. The molecule has 5 nitrogen and oxygen atoms in total. The summed E-state index contributed by atoms with van der Waals surface area (Å²) in [4.78, 5) is 18.2. The van der Waals surface area contributed by atoms with Crippen molar-refractivity contribution in [3.63, 3.8) is 0 Å². The van der Waals surface area contributed by atoms with Crippen LogP contribution in [0.4, 0.5) is 4.79 Å². The SMILES string of the molecule is CN(C)C(=O)N1CCC2(CC[C@@H]2N(C)Cc2ccco2)CC1. The van der Waals surface area contributed by atoms with E-state index >= 15 is 0 Å². The average Bonchev–Trinajstić information content (AvgIpc) is 2.98. The molecule has 1 saturated carbocycles. The molecule has 2 heterocycles. The van der Waals surface area contributed by atoms with Gasteiger partial charge in [0, 0.05) is 33.2 Å². The van der Waals surface area contributed by atoms with Crippen LogP contribution in [0.5, 0.6) is 0 Å². The highest BCUT2D eigenvalue weighted by Gasteiger charge is 2.50. The van der Waals surface area contributed by atoms with Crippen LogP contribution in [-0.2, 0) is 6.54 Å². The number of carbonyl (C=O) groups is 1. The molecule has 0 unspecified atom stereocenters. The fraction of sp³-hybridized carbons (Fsp3) is 0.706. The molecule has 122 valence electrons. The highest BCUT2D eigenvalue weighted by Crippen LogP contribution is 2.51. The van der Waals surface area contributed by atoms with Gasteiger partial charge in [-0.3, -0.25) is 4.90 Å². The van der Waals surface area contributed by atoms with Crippen molar-refractivity contribution in [3.8, 4) is 0 Å². The Labute approximate surface area is 132 Å². The van der Waals surface area contributed by atoms with Crippen LogP contribution in [-0.4, -0.2) is 61.0 Å². The fourth-order valence-corrected chi connectivity index (χ4v) is 4.14. The smallest absolute Gasteiger partial charge is 0.319 e. The molecular formula is C17H27N3O2. The molecule has 0 N–H and O–H groups in total. The molecule has 0 aromatic carbocycles. The Bertz CT molecular complexity index is 504. The molecule has 1 atom stereocenters. The number of hydrogen-bond donors (Lipinski definition) is 0. The lowest BCUT2D eigenvalue weighted by molar-refractivity contribution is -0.0583. The second kappa shape index (κ2) is 5.95. The van der Waals surface area contributed by atoms with Gasteiger partial charge in [0.25, 0.3) is 0 Å². The number of rotatable bonds is 3. The van der Waals surface area contributed by atoms with Crippen LogP contribution in [0.25, 0.3) is 0 Å². The Morgan fingerprint density at radius 1 is 1.32 bits per heavy atom. The summed E-state index contributed by atoms with van der Waals surface area (Å²) < 4.78 is 5.47. The van der Waals surface area contributed by atoms with E-state index in [-0.39, 0.29) is 6.03 Å². The lowest BCUT2D eigenvalue weighted by Gasteiger charge is -2.57. The van der Waals surface area contributed by atoms with Crippen molar-refractivity contribution in [2.24, 2.45) is 5.41 Å². The van der Waals surface area contributed by atoms with E-state index in [1.807, 2.05) is 31.1 Å². The minimum absolute atomic E-state index is 0.148. The monoisotopic (exact) mass is 305 g/mol. The zero-order chi connectivity index (χ0) is 15.7. The van der Waals surface area contributed by atoms with E-state index in [0.717, 1.165) is 38.2 Å². The van der Waals surface area contributed by atoms with Gasteiger partial charge in [0.15, 0.2) is 0 Å². The van der Waals surface area contributed by atoms with Crippen molar-refractivity contribution in [3.05, 3.63) is 24.2 Å². The van der Waals surface area contributed by atoms with E-state index in [4.69, 9.17) is 4.42 Å². The molecule has 3 rings (SSSR count). The zero-order valence-corrected chi connectivity index (χ0v) is 13.9. The molecule has 2 amide bonds. The largest absolute Gasteiger partial charge is 0.468 e. The van der Waals surface area contributed by atoms with Gasteiger partial charge in [-0.15, -0.1) is 0 Å². The van der Waals surface area contributed by atoms with Gasteiger partial charge >= 0.3 is 6.03 Å². The van der Waals surface area contributed by atoms with Crippen LogP contribution in [0.1, 0.15) is 31.4 Å². The molecule has 0 bridgehead atoms. The number of urea groups is 1. The van der Waals surface area contributed by atoms with Crippen molar-refractivity contribution in [2.45, 2.75) is 38.3 Å². The highest BCUT2D eigenvalue weighted by molar-refractivity contribution is 5.73. The first-order valence-electron chi connectivity index (χ1n) is 8.21. The van der Waals surface area contributed by atoms with Crippen molar-refractivity contribution < 1.29 is 9.21 Å². The quantitative estimate of drug-likeness (QED) is 0.862. The lowest BCUT2D eigenvalue weighted by atomic mass is 9.59. The third kappa shape index (κ3) is 2.74. The van der Waals surface area contributed by atoms with Gasteiger partial charge in [-0.2, -0.15) is 0 Å². The van der Waals surface area contributed by atoms with Gasteiger partial charge in [0.2, 0.25) is 0 Å². The topological polar surface area (TPSA) is 39.9 Å². The van der Waals surface area contributed by atoms with Crippen molar-refractivity contribution in [1.29, 1.82) is 0 Å². The second-order valence-corrected chi connectivity index (χ2v) is 7.08. The standard InChI is InChI=1S/C17H27N3O2/c1-18(2)16(21)20-10-8-17(9-11-20)7-6-15(17)19(3)13-14-5-4-12-22-14/h4-5,12,15H,6-11,13H2,1-3H3/t15-/m0/s1. The minimum Gasteiger partial charge on any atom is -0.468 e. The number of carbonyl (C=O) groups excluding carboxylic acids is 1. The van der Waals surface area contributed by atoms with E-state index in [2.05, 4.69) is 11.9 Å². The molecule has 1 aliphatic heterocycles. The van der Waals surface area contributed by atoms with Gasteiger partial charge in [-0.05, 0) is 50.3 Å². The van der Waals surface area contributed by atoms with E-state index in [1.165, 1.54) is 12.8 Å².